The number of nitrogen functional groups attached to an aromatic ring is 1. The van der Waals surface area contributed by atoms with E-state index in [-0.39, 0.29) is 0 Å². The predicted octanol–water partition coefficient (Wildman–Crippen LogP) is 1.57. The molecular weight excluding hydrogens is 222 g/mol. The Balaban J connectivity index is 1.95. The molecule has 0 aromatic carbocycles. The van der Waals surface area contributed by atoms with Crippen molar-refractivity contribution >= 4 is 23.2 Å². The number of rotatable bonds is 1. The van der Waals surface area contributed by atoms with Crippen LogP contribution >= 0.6 is 11.3 Å². The minimum absolute atomic E-state index is 0.324. The Kier molecular flexibility index (Phi) is 2.10. The van der Waals surface area contributed by atoms with Crippen molar-refractivity contribution in [3.05, 3.63) is 21.9 Å². The van der Waals surface area contributed by atoms with Gasteiger partial charge in [-0.05, 0) is 30.4 Å². The molecule has 2 aromatic rings. The maximum Gasteiger partial charge on any atom is 0.246 e. The molecule has 16 heavy (non-hydrogen) atoms. The Morgan fingerprint density at radius 1 is 1.62 bits per heavy atom. The first-order chi connectivity index (χ1) is 7.75. The van der Waals surface area contributed by atoms with E-state index in [0.29, 0.717) is 17.9 Å². The largest absolute Gasteiger partial charge is 0.368 e. The van der Waals surface area contributed by atoms with E-state index in [1.54, 1.807) is 0 Å². The van der Waals surface area contributed by atoms with Crippen molar-refractivity contribution in [3.8, 4) is 0 Å². The first kappa shape index (κ1) is 9.65. The van der Waals surface area contributed by atoms with Crippen LogP contribution < -0.4 is 10.6 Å². The van der Waals surface area contributed by atoms with Gasteiger partial charge in [-0.2, -0.15) is 4.98 Å². The van der Waals surface area contributed by atoms with Crippen LogP contribution in [0.5, 0.6) is 0 Å². The first-order valence-electron chi connectivity index (χ1n) is 5.26. The van der Waals surface area contributed by atoms with Gasteiger partial charge in [0.15, 0.2) is 0 Å². The molecule has 1 aliphatic rings. The third-order valence-electron chi connectivity index (χ3n) is 3.03. The molecule has 1 atom stereocenters. The Labute approximate surface area is 97.3 Å². The van der Waals surface area contributed by atoms with E-state index in [4.69, 9.17) is 5.73 Å². The molecule has 0 spiro atoms. The van der Waals surface area contributed by atoms with Crippen molar-refractivity contribution in [3.63, 3.8) is 0 Å². The van der Waals surface area contributed by atoms with E-state index in [9.17, 15) is 0 Å². The fourth-order valence-electron chi connectivity index (χ4n) is 2.18. The van der Waals surface area contributed by atoms with E-state index in [1.165, 1.54) is 10.4 Å². The molecule has 0 fully saturated rings. The number of aromatic nitrogens is 3. The predicted molar refractivity (Wildman–Crippen MR) is 64.6 cm³/mol. The number of nitrogens with zero attached hydrogens (tertiary/aromatic N) is 3. The minimum atomic E-state index is 0.324. The third-order valence-corrected chi connectivity index (χ3v) is 4.02. The van der Waals surface area contributed by atoms with Gasteiger partial charge in [-0.25, -0.2) is 5.10 Å². The zero-order valence-electron chi connectivity index (χ0n) is 8.97. The van der Waals surface area contributed by atoms with E-state index in [0.717, 1.165) is 13.0 Å². The molecule has 0 radical (unpaired) electrons. The average molecular weight is 235 g/mol. The van der Waals surface area contributed by atoms with E-state index in [2.05, 4.69) is 38.5 Å². The van der Waals surface area contributed by atoms with Crippen LogP contribution in [0.1, 0.15) is 23.4 Å². The smallest absolute Gasteiger partial charge is 0.246 e. The van der Waals surface area contributed by atoms with Crippen LogP contribution in [0, 0.1) is 0 Å². The van der Waals surface area contributed by atoms with Gasteiger partial charge in [0.1, 0.15) is 0 Å². The summed E-state index contributed by atoms with van der Waals surface area (Å²) in [7, 11) is 0. The summed E-state index contributed by atoms with van der Waals surface area (Å²) in [5.41, 5.74) is 6.94. The van der Waals surface area contributed by atoms with E-state index >= 15 is 0 Å². The van der Waals surface area contributed by atoms with Crippen molar-refractivity contribution in [2.45, 2.75) is 19.4 Å². The van der Waals surface area contributed by atoms with Gasteiger partial charge in [0.05, 0.1) is 6.04 Å². The molecule has 0 amide bonds. The molecule has 3 rings (SSSR count). The standard InChI is InChI=1S/C10H13N5S/c1-6-7-3-5-16-8(7)2-4-15(6)10-12-9(11)13-14-10/h3,5-6H,2,4H2,1H3,(H3,11,12,13,14). The number of aromatic amines is 1. The Morgan fingerprint density at radius 2 is 2.50 bits per heavy atom. The summed E-state index contributed by atoms with van der Waals surface area (Å²) in [6.07, 6.45) is 1.06. The maximum absolute atomic E-state index is 5.55. The lowest BCUT2D eigenvalue weighted by Crippen LogP contribution is -2.33. The molecule has 5 nitrogen and oxygen atoms in total. The topological polar surface area (TPSA) is 70.8 Å². The Hall–Kier alpha value is -1.56. The summed E-state index contributed by atoms with van der Waals surface area (Å²) < 4.78 is 0. The minimum Gasteiger partial charge on any atom is -0.368 e. The van der Waals surface area contributed by atoms with Crippen LogP contribution in [0.4, 0.5) is 11.9 Å². The second-order valence-electron chi connectivity index (χ2n) is 3.94. The van der Waals surface area contributed by atoms with Gasteiger partial charge in [0.2, 0.25) is 11.9 Å². The number of thiophene rings is 1. The number of hydrogen-bond acceptors (Lipinski definition) is 5. The summed E-state index contributed by atoms with van der Waals surface area (Å²) in [6.45, 7) is 3.13. The molecule has 0 saturated heterocycles. The molecule has 6 heteroatoms. The fourth-order valence-corrected chi connectivity index (χ4v) is 3.14. The Bertz CT molecular complexity index is 503. The molecular formula is C10H13N5S. The number of H-pyrrole nitrogens is 1. The SMILES string of the molecule is CC1c2ccsc2CCN1c1n[nH]c(N)n1. The second-order valence-corrected chi connectivity index (χ2v) is 4.94. The molecule has 0 saturated carbocycles. The number of hydrogen-bond donors (Lipinski definition) is 2. The maximum atomic E-state index is 5.55. The van der Waals surface area contributed by atoms with Crippen LogP contribution in [-0.2, 0) is 6.42 Å². The summed E-state index contributed by atoms with van der Waals surface area (Å²) in [6, 6.07) is 2.51. The van der Waals surface area contributed by atoms with Crippen LogP contribution in [0.15, 0.2) is 11.4 Å². The zero-order chi connectivity index (χ0) is 11.1. The Morgan fingerprint density at radius 3 is 3.25 bits per heavy atom. The molecule has 2 aromatic heterocycles. The monoisotopic (exact) mass is 235 g/mol. The highest BCUT2D eigenvalue weighted by Crippen LogP contribution is 2.34. The highest BCUT2D eigenvalue weighted by atomic mass is 32.1. The van der Waals surface area contributed by atoms with Gasteiger partial charge in [-0.3, -0.25) is 0 Å². The lowest BCUT2D eigenvalue weighted by molar-refractivity contribution is 0.617. The summed E-state index contributed by atoms with van der Waals surface area (Å²) >= 11 is 1.83. The van der Waals surface area contributed by atoms with E-state index in [1.807, 2.05) is 11.3 Å². The summed E-state index contributed by atoms with van der Waals surface area (Å²) in [5.74, 6) is 1.07. The molecule has 1 aliphatic heterocycles. The molecule has 84 valence electrons. The van der Waals surface area contributed by atoms with Gasteiger partial charge in [-0.15, -0.1) is 16.4 Å². The van der Waals surface area contributed by atoms with Crippen LogP contribution in [0.25, 0.3) is 0 Å². The van der Waals surface area contributed by atoms with Crippen LogP contribution in [0.2, 0.25) is 0 Å². The first-order valence-corrected chi connectivity index (χ1v) is 6.14. The van der Waals surface area contributed by atoms with Crippen LogP contribution in [0.3, 0.4) is 0 Å². The van der Waals surface area contributed by atoms with E-state index < -0.39 is 0 Å². The average Bonchev–Trinajstić information content (AvgIpc) is 2.87. The fraction of sp³-hybridized carbons (Fsp3) is 0.400. The highest BCUT2D eigenvalue weighted by molar-refractivity contribution is 7.10. The second kappa shape index (κ2) is 3.48. The van der Waals surface area contributed by atoms with Crippen molar-refractivity contribution in [1.82, 2.24) is 15.2 Å². The highest BCUT2D eigenvalue weighted by Gasteiger charge is 2.26. The van der Waals surface area contributed by atoms with Gasteiger partial charge in [0.25, 0.3) is 0 Å². The van der Waals surface area contributed by atoms with Gasteiger partial charge in [0, 0.05) is 11.4 Å². The quantitative estimate of drug-likeness (QED) is 0.787. The number of nitrogens with two attached hydrogens (primary N) is 1. The van der Waals surface area contributed by atoms with Crippen molar-refractivity contribution in [2.75, 3.05) is 17.2 Å². The lowest BCUT2D eigenvalue weighted by atomic mass is 10.0. The van der Waals surface area contributed by atoms with Gasteiger partial charge >= 0.3 is 0 Å². The molecule has 3 heterocycles. The molecule has 1 unspecified atom stereocenters. The van der Waals surface area contributed by atoms with Crippen molar-refractivity contribution in [2.24, 2.45) is 0 Å². The molecule has 0 bridgehead atoms. The van der Waals surface area contributed by atoms with Crippen LogP contribution in [-0.4, -0.2) is 21.7 Å². The van der Waals surface area contributed by atoms with Crippen molar-refractivity contribution < 1.29 is 0 Å². The normalized spacial score (nSPS) is 19.8. The number of nitrogens with one attached hydrogen (secondary N) is 1. The van der Waals surface area contributed by atoms with Gasteiger partial charge < -0.3 is 10.6 Å². The molecule has 3 N–H and O–H groups in total. The summed E-state index contributed by atoms with van der Waals surface area (Å²) in [5, 5.41) is 8.95. The third kappa shape index (κ3) is 1.37. The van der Waals surface area contributed by atoms with Crippen molar-refractivity contribution in [1.29, 1.82) is 0 Å². The summed E-state index contributed by atoms with van der Waals surface area (Å²) in [4.78, 5) is 7.84. The molecule has 0 aliphatic carbocycles. The van der Waals surface area contributed by atoms with Gasteiger partial charge in [-0.1, -0.05) is 0 Å². The lowest BCUT2D eigenvalue weighted by Gasteiger charge is -2.32. The number of anilines is 2. The zero-order valence-corrected chi connectivity index (χ0v) is 9.79. The number of fused-ring (bicyclic) bond motifs is 1.